The number of hydrogen-bond acceptors (Lipinski definition) is 5. The van der Waals surface area contributed by atoms with E-state index in [0.717, 1.165) is 37.7 Å². The van der Waals surface area contributed by atoms with Crippen LogP contribution in [0, 0.1) is 5.92 Å². The summed E-state index contributed by atoms with van der Waals surface area (Å²) in [5.74, 6) is -0.704. The zero-order chi connectivity index (χ0) is 15.4. The predicted molar refractivity (Wildman–Crippen MR) is 79.0 cm³/mol. The molecule has 1 aromatic rings. The summed E-state index contributed by atoms with van der Waals surface area (Å²) >= 11 is 0. The molecule has 5 nitrogen and oxygen atoms in total. The number of hydrogen-bond donors (Lipinski definition) is 0. The van der Waals surface area contributed by atoms with E-state index in [1.807, 2.05) is 30.3 Å². The molecule has 0 saturated carbocycles. The minimum atomic E-state index is -0.918. The summed E-state index contributed by atoms with van der Waals surface area (Å²) in [5.41, 5.74) is 0.938. The van der Waals surface area contributed by atoms with Gasteiger partial charge in [-0.3, -0.25) is 0 Å². The molecule has 3 atom stereocenters. The Morgan fingerprint density at radius 1 is 1.09 bits per heavy atom. The van der Waals surface area contributed by atoms with E-state index in [1.54, 1.807) is 0 Å². The lowest BCUT2D eigenvalue weighted by atomic mass is 9.97. The summed E-state index contributed by atoms with van der Waals surface area (Å²) in [5, 5.41) is 0. The number of fused-ring (bicyclic) bond motifs is 2. The maximum absolute atomic E-state index is 6.00. The minimum Gasteiger partial charge on any atom is -0.311 e. The lowest BCUT2D eigenvalue weighted by molar-refractivity contribution is -0.594. The van der Waals surface area contributed by atoms with Gasteiger partial charge in [-0.25, -0.2) is 4.89 Å². The number of ether oxygens (including phenoxy) is 1. The van der Waals surface area contributed by atoms with Crippen LogP contribution in [-0.4, -0.2) is 12.6 Å². The van der Waals surface area contributed by atoms with Gasteiger partial charge in [-0.15, -0.1) is 0 Å². The van der Waals surface area contributed by atoms with Gasteiger partial charge >= 0.3 is 0 Å². The van der Waals surface area contributed by atoms with Crippen molar-refractivity contribution in [3.8, 4) is 0 Å². The van der Waals surface area contributed by atoms with Crippen LogP contribution in [0.3, 0.4) is 0 Å². The summed E-state index contributed by atoms with van der Waals surface area (Å²) in [4.78, 5) is 22.3. The van der Waals surface area contributed by atoms with Crippen molar-refractivity contribution < 1.29 is 24.3 Å². The van der Waals surface area contributed by atoms with Crippen molar-refractivity contribution in [1.82, 2.24) is 0 Å². The molecule has 0 amide bonds. The highest BCUT2D eigenvalue weighted by Gasteiger charge is 2.45. The monoisotopic (exact) mass is 308 g/mol. The van der Waals surface area contributed by atoms with Crippen LogP contribution in [0.1, 0.15) is 51.5 Å². The molecule has 0 aliphatic carbocycles. The summed E-state index contributed by atoms with van der Waals surface area (Å²) in [7, 11) is 0. The first-order valence-corrected chi connectivity index (χ1v) is 8.17. The zero-order valence-electron chi connectivity index (χ0n) is 13.2. The van der Waals surface area contributed by atoms with Gasteiger partial charge in [0.15, 0.2) is 6.29 Å². The topological polar surface area (TPSA) is 46.2 Å². The fourth-order valence-electron chi connectivity index (χ4n) is 3.00. The van der Waals surface area contributed by atoms with E-state index in [1.165, 1.54) is 0 Å². The van der Waals surface area contributed by atoms with Crippen LogP contribution >= 0.6 is 0 Å². The smallest absolute Gasteiger partial charge is 0.230 e. The summed E-state index contributed by atoms with van der Waals surface area (Å²) in [6.07, 6.45) is 3.31. The van der Waals surface area contributed by atoms with Crippen LogP contribution in [0.5, 0.6) is 0 Å². The highest BCUT2D eigenvalue weighted by Crippen LogP contribution is 2.41. The molecule has 2 aliphatic rings. The molecular formula is C17H24O5. The van der Waals surface area contributed by atoms with Crippen LogP contribution in [0.4, 0.5) is 0 Å². The average Bonchev–Trinajstić information content (AvgIpc) is 2.57. The Bertz CT molecular complexity index is 461. The molecule has 22 heavy (non-hydrogen) atoms. The van der Waals surface area contributed by atoms with Crippen molar-refractivity contribution in [3.63, 3.8) is 0 Å². The van der Waals surface area contributed by atoms with Crippen LogP contribution in [0.25, 0.3) is 0 Å². The van der Waals surface area contributed by atoms with Crippen LogP contribution in [0.2, 0.25) is 0 Å². The molecule has 2 fully saturated rings. The minimum absolute atomic E-state index is 0.214. The third-order valence-electron chi connectivity index (χ3n) is 4.45. The van der Waals surface area contributed by atoms with Gasteiger partial charge in [0, 0.05) is 24.3 Å². The van der Waals surface area contributed by atoms with E-state index in [0.29, 0.717) is 0 Å². The Kier molecular flexibility index (Phi) is 5.10. The van der Waals surface area contributed by atoms with Gasteiger partial charge in [-0.1, -0.05) is 44.2 Å². The van der Waals surface area contributed by atoms with E-state index in [-0.39, 0.29) is 5.92 Å². The molecule has 0 radical (unpaired) electrons. The van der Waals surface area contributed by atoms with Crippen molar-refractivity contribution in [1.29, 1.82) is 0 Å². The first kappa shape index (κ1) is 15.9. The Morgan fingerprint density at radius 2 is 1.86 bits per heavy atom. The quantitative estimate of drug-likeness (QED) is 0.786. The summed E-state index contributed by atoms with van der Waals surface area (Å²) < 4.78 is 6.00. The molecule has 3 rings (SSSR count). The molecule has 5 heteroatoms. The Labute approximate surface area is 131 Å². The normalized spacial score (nSPS) is 32.5. The third kappa shape index (κ3) is 3.19. The summed E-state index contributed by atoms with van der Waals surface area (Å²) in [6, 6.07) is 9.88. The van der Waals surface area contributed by atoms with Crippen molar-refractivity contribution in [3.05, 3.63) is 35.9 Å². The van der Waals surface area contributed by atoms with Crippen LogP contribution in [0.15, 0.2) is 30.3 Å². The Morgan fingerprint density at radius 3 is 2.59 bits per heavy atom. The van der Waals surface area contributed by atoms with Gasteiger partial charge in [0.05, 0.1) is 0 Å². The predicted octanol–water partition coefficient (Wildman–Crippen LogP) is 4.04. The molecule has 2 heterocycles. The highest BCUT2D eigenvalue weighted by atomic mass is 17.3. The second kappa shape index (κ2) is 7.06. The van der Waals surface area contributed by atoms with Crippen molar-refractivity contribution >= 4 is 0 Å². The Hall–Kier alpha value is -0.980. The molecule has 2 saturated heterocycles. The van der Waals surface area contributed by atoms with Gasteiger partial charge in [-0.2, -0.15) is 14.7 Å². The number of benzene rings is 1. The zero-order valence-corrected chi connectivity index (χ0v) is 13.2. The molecular weight excluding hydrogens is 284 g/mol. The van der Waals surface area contributed by atoms with E-state index < -0.39 is 18.4 Å². The molecule has 2 aliphatic heterocycles. The molecule has 2 bridgehead atoms. The molecule has 0 N–H and O–H groups in total. The largest absolute Gasteiger partial charge is 0.311 e. The average molecular weight is 308 g/mol. The van der Waals surface area contributed by atoms with Crippen molar-refractivity contribution in [2.75, 3.05) is 0 Å². The standard InChI is InChI=1S/C17H24O5/c1-3-13(4-2)16-20-19-15-11-8-12-17(18-15,22-21-16)14-9-6-5-7-10-14/h5-7,9-10,13,15-16H,3-4,8,11-12H2,1-2H3. The van der Waals surface area contributed by atoms with Gasteiger partial charge in [0.25, 0.3) is 0 Å². The van der Waals surface area contributed by atoms with E-state index in [4.69, 9.17) is 24.3 Å². The summed E-state index contributed by atoms with van der Waals surface area (Å²) in [6.45, 7) is 4.20. The lowest BCUT2D eigenvalue weighted by Crippen LogP contribution is -2.46. The van der Waals surface area contributed by atoms with Gasteiger partial charge in [0.1, 0.15) is 0 Å². The maximum atomic E-state index is 6.00. The molecule has 0 aromatic heterocycles. The van der Waals surface area contributed by atoms with E-state index in [2.05, 4.69) is 13.8 Å². The van der Waals surface area contributed by atoms with Gasteiger partial charge in [-0.05, 0) is 19.3 Å². The first-order valence-electron chi connectivity index (χ1n) is 8.17. The molecule has 122 valence electrons. The molecule has 3 unspecified atom stereocenters. The maximum Gasteiger partial charge on any atom is 0.230 e. The van der Waals surface area contributed by atoms with Gasteiger partial charge < -0.3 is 4.74 Å². The fraction of sp³-hybridized carbons (Fsp3) is 0.647. The highest BCUT2D eigenvalue weighted by molar-refractivity contribution is 5.20. The van der Waals surface area contributed by atoms with Crippen LogP contribution < -0.4 is 0 Å². The second-order valence-corrected chi connectivity index (χ2v) is 5.88. The van der Waals surface area contributed by atoms with E-state index >= 15 is 0 Å². The van der Waals surface area contributed by atoms with Gasteiger partial charge in [0.2, 0.25) is 12.1 Å². The molecule has 0 spiro atoms. The Balaban J connectivity index is 1.83. The lowest BCUT2D eigenvalue weighted by Gasteiger charge is -2.42. The van der Waals surface area contributed by atoms with Crippen LogP contribution in [-0.2, 0) is 30.1 Å². The fourth-order valence-corrected chi connectivity index (χ4v) is 3.00. The van der Waals surface area contributed by atoms with Crippen molar-refractivity contribution in [2.24, 2.45) is 5.92 Å². The number of rotatable bonds is 4. The van der Waals surface area contributed by atoms with E-state index in [9.17, 15) is 0 Å². The molecule has 1 aromatic carbocycles. The third-order valence-corrected chi connectivity index (χ3v) is 4.45. The SMILES string of the molecule is CCC(CC)C1OOC2CCCC(c3ccccc3)(OO1)O2. The van der Waals surface area contributed by atoms with Crippen molar-refractivity contribution in [2.45, 2.75) is 64.3 Å². The first-order chi connectivity index (χ1) is 10.8. The second-order valence-electron chi connectivity index (χ2n) is 5.88.